The van der Waals surface area contributed by atoms with Gasteiger partial charge < -0.3 is 33.2 Å². The molecule has 0 N–H and O–H groups in total. The average Bonchev–Trinajstić information content (AvgIpc) is 3.81. The van der Waals surface area contributed by atoms with Gasteiger partial charge in [-0.1, -0.05) is 5.21 Å². The molecule has 3 aromatic carbocycles. The van der Waals surface area contributed by atoms with Crippen molar-refractivity contribution in [1.82, 2.24) is 15.0 Å². The number of methoxy groups -OCH3 is 3. The number of benzene rings is 3. The number of non-ortho nitro benzene ring substituents is 1. The van der Waals surface area contributed by atoms with E-state index in [1.54, 1.807) is 25.1 Å². The van der Waals surface area contributed by atoms with Gasteiger partial charge in [-0.15, -0.1) is 5.10 Å². The fraction of sp³-hybridized carbons (Fsp3) is 0.323. The highest BCUT2D eigenvalue weighted by Crippen LogP contribution is 2.56. The standard InChI is InChI=1S/C31H28N4O10/c1-39-25-8-16(9-26(40-2)30(25)41-3)27-20-10-23-24(45-15-44-23)11-21(20)29(22-14-43-31(36)28(22)27)34-12-17(32-33-34)13-42-19-6-4-18(5-7-19)35(37)38/h4-12,22,27-29H,13-15H2,1-3H3/t22-,27+,28-,29-/m0/s1. The van der Waals surface area contributed by atoms with Crippen molar-refractivity contribution >= 4 is 11.7 Å². The summed E-state index contributed by atoms with van der Waals surface area (Å²) in [5.74, 6) is 1.35. The van der Waals surface area contributed by atoms with Crippen LogP contribution < -0.4 is 28.4 Å². The molecule has 0 unspecified atom stereocenters. The number of esters is 1. The van der Waals surface area contributed by atoms with Crippen LogP contribution in [0.15, 0.2) is 54.7 Å². The molecule has 0 radical (unpaired) electrons. The molecule has 7 rings (SSSR count). The lowest BCUT2D eigenvalue weighted by molar-refractivity contribution is -0.384. The number of hydrogen-bond acceptors (Lipinski definition) is 12. The van der Waals surface area contributed by atoms with Crippen molar-refractivity contribution < 1.29 is 42.9 Å². The molecule has 1 fully saturated rings. The monoisotopic (exact) mass is 616 g/mol. The van der Waals surface area contributed by atoms with Crippen LogP contribution in [0.4, 0.5) is 5.69 Å². The zero-order chi connectivity index (χ0) is 31.2. The summed E-state index contributed by atoms with van der Waals surface area (Å²) in [5.41, 5.74) is 3.01. The van der Waals surface area contributed by atoms with Crippen molar-refractivity contribution in [1.29, 1.82) is 0 Å². The third-order valence-corrected chi connectivity index (χ3v) is 8.47. The third kappa shape index (κ3) is 4.78. The van der Waals surface area contributed by atoms with E-state index in [2.05, 4.69) is 10.3 Å². The molecule has 0 amide bonds. The van der Waals surface area contributed by atoms with Gasteiger partial charge in [-0.25, -0.2) is 4.68 Å². The van der Waals surface area contributed by atoms with Crippen LogP contribution >= 0.6 is 0 Å². The summed E-state index contributed by atoms with van der Waals surface area (Å²) >= 11 is 0. The largest absolute Gasteiger partial charge is 0.493 e. The summed E-state index contributed by atoms with van der Waals surface area (Å²) in [4.78, 5) is 24.0. The zero-order valence-corrected chi connectivity index (χ0v) is 24.5. The highest BCUT2D eigenvalue weighted by atomic mass is 16.7. The molecule has 0 saturated carbocycles. The predicted molar refractivity (Wildman–Crippen MR) is 154 cm³/mol. The van der Waals surface area contributed by atoms with Crippen molar-refractivity contribution in [2.24, 2.45) is 11.8 Å². The number of nitro benzene ring substituents is 1. The van der Waals surface area contributed by atoms with E-state index in [4.69, 9.17) is 33.2 Å². The highest BCUT2D eigenvalue weighted by molar-refractivity contribution is 5.79. The number of fused-ring (bicyclic) bond motifs is 3. The van der Waals surface area contributed by atoms with Gasteiger partial charge in [0.05, 0.1) is 51.0 Å². The van der Waals surface area contributed by atoms with E-state index in [-0.39, 0.29) is 37.6 Å². The Bertz CT molecular complexity index is 1760. The highest BCUT2D eigenvalue weighted by Gasteiger charge is 2.53. The summed E-state index contributed by atoms with van der Waals surface area (Å²) in [6.07, 6.45) is 1.77. The number of nitrogens with zero attached hydrogens (tertiary/aromatic N) is 4. The van der Waals surface area contributed by atoms with Gasteiger partial charge in [-0.05, 0) is 53.1 Å². The minimum atomic E-state index is -0.574. The lowest BCUT2D eigenvalue weighted by Crippen LogP contribution is -2.37. The van der Waals surface area contributed by atoms with E-state index in [9.17, 15) is 14.9 Å². The maximum absolute atomic E-state index is 13.5. The first kappa shape index (κ1) is 28.3. The van der Waals surface area contributed by atoms with Crippen LogP contribution in [0, 0.1) is 22.0 Å². The Balaban J connectivity index is 1.29. The van der Waals surface area contributed by atoms with Gasteiger partial charge in [0.2, 0.25) is 12.5 Å². The second-order valence-electron chi connectivity index (χ2n) is 10.8. The van der Waals surface area contributed by atoms with Gasteiger partial charge in [-0.2, -0.15) is 0 Å². The van der Waals surface area contributed by atoms with E-state index in [0.29, 0.717) is 40.2 Å². The number of cyclic esters (lactones) is 1. The SMILES string of the molecule is COc1cc([C@@H]2c3cc4c(cc3[C@H](n3cc(COc5ccc([N+](=O)[O-])cc5)nn3)[C@H]3COC(=O)[C@H]23)OCO4)cc(OC)c1OC. The Morgan fingerprint density at radius 1 is 0.956 bits per heavy atom. The molecule has 0 spiro atoms. The summed E-state index contributed by atoms with van der Waals surface area (Å²) < 4.78 is 41.6. The number of ether oxygens (including phenoxy) is 7. The third-order valence-electron chi connectivity index (χ3n) is 8.47. The fourth-order valence-corrected chi connectivity index (χ4v) is 6.49. The average molecular weight is 617 g/mol. The minimum absolute atomic E-state index is 0.0298. The second-order valence-corrected chi connectivity index (χ2v) is 10.8. The van der Waals surface area contributed by atoms with Crippen LogP contribution in [0.5, 0.6) is 34.5 Å². The number of carbonyl (C=O) groups excluding carboxylic acids is 1. The smallest absolute Gasteiger partial charge is 0.310 e. The molecular formula is C31H28N4O10. The zero-order valence-electron chi connectivity index (χ0n) is 24.5. The Morgan fingerprint density at radius 3 is 2.29 bits per heavy atom. The van der Waals surface area contributed by atoms with Crippen LogP contribution in [-0.4, -0.2) is 60.6 Å². The topological polar surface area (TPSA) is 156 Å². The molecule has 14 nitrogen and oxygen atoms in total. The first-order valence-corrected chi connectivity index (χ1v) is 14.1. The first-order chi connectivity index (χ1) is 21.9. The van der Waals surface area contributed by atoms with Gasteiger partial charge in [0.15, 0.2) is 23.0 Å². The van der Waals surface area contributed by atoms with Gasteiger partial charge in [-0.3, -0.25) is 14.9 Å². The summed E-state index contributed by atoms with van der Waals surface area (Å²) in [6.45, 7) is 0.341. The molecule has 45 heavy (non-hydrogen) atoms. The molecule has 3 aliphatic rings. The Hall–Kier alpha value is -5.53. The van der Waals surface area contributed by atoms with Gasteiger partial charge >= 0.3 is 5.97 Å². The van der Waals surface area contributed by atoms with Crippen molar-refractivity contribution in [3.63, 3.8) is 0 Å². The quantitative estimate of drug-likeness (QED) is 0.151. The molecule has 1 saturated heterocycles. The Morgan fingerprint density at radius 2 is 1.64 bits per heavy atom. The molecule has 3 heterocycles. The lowest BCUT2D eigenvalue weighted by atomic mass is 9.65. The van der Waals surface area contributed by atoms with E-state index in [1.807, 2.05) is 24.3 Å². The molecule has 1 aliphatic carbocycles. The van der Waals surface area contributed by atoms with Crippen LogP contribution in [0.3, 0.4) is 0 Å². The molecular weight excluding hydrogens is 588 g/mol. The van der Waals surface area contributed by atoms with E-state index in [0.717, 1.165) is 16.7 Å². The van der Waals surface area contributed by atoms with Crippen molar-refractivity contribution in [2.45, 2.75) is 18.6 Å². The van der Waals surface area contributed by atoms with Crippen molar-refractivity contribution in [3.8, 4) is 34.5 Å². The molecule has 0 bridgehead atoms. The Labute approximate surface area is 256 Å². The van der Waals surface area contributed by atoms with E-state index >= 15 is 0 Å². The lowest BCUT2D eigenvalue weighted by Gasteiger charge is -2.39. The van der Waals surface area contributed by atoms with Crippen LogP contribution in [0.25, 0.3) is 0 Å². The van der Waals surface area contributed by atoms with E-state index in [1.165, 1.54) is 31.4 Å². The predicted octanol–water partition coefficient (Wildman–Crippen LogP) is 4.04. The maximum Gasteiger partial charge on any atom is 0.310 e. The van der Waals surface area contributed by atoms with Gasteiger partial charge in [0.1, 0.15) is 18.1 Å². The minimum Gasteiger partial charge on any atom is -0.493 e. The Kier molecular flexibility index (Phi) is 7.03. The molecule has 1 aromatic heterocycles. The molecule has 2 aliphatic heterocycles. The summed E-state index contributed by atoms with van der Waals surface area (Å²) in [7, 11) is 4.63. The number of rotatable bonds is 9. The second kappa shape index (κ2) is 11.2. The fourth-order valence-electron chi connectivity index (χ4n) is 6.49. The van der Waals surface area contributed by atoms with Crippen LogP contribution in [0.1, 0.15) is 34.3 Å². The normalized spacial score (nSPS) is 21.0. The van der Waals surface area contributed by atoms with Gasteiger partial charge in [0, 0.05) is 24.0 Å². The van der Waals surface area contributed by atoms with E-state index < -0.39 is 22.8 Å². The molecule has 4 atom stereocenters. The molecule has 4 aromatic rings. The number of nitro groups is 1. The number of carbonyl (C=O) groups is 1. The van der Waals surface area contributed by atoms with Crippen molar-refractivity contribution in [3.05, 3.63) is 87.2 Å². The maximum atomic E-state index is 13.5. The van der Waals surface area contributed by atoms with Crippen LogP contribution in [-0.2, 0) is 16.1 Å². The summed E-state index contributed by atoms with van der Waals surface area (Å²) in [5, 5.41) is 19.7. The summed E-state index contributed by atoms with van der Waals surface area (Å²) in [6, 6.07) is 12.9. The molecule has 232 valence electrons. The number of aromatic nitrogens is 3. The molecule has 14 heteroatoms. The van der Waals surface area contributed by atoms with Gasteiger partial charge in [0.25, 0.3) is 5.69 Å². The van der Waals surface area contributed by atoms with Crippen LogP contribution in [0.2, 0.25) is 0 Å². The van der Waals surface area contributed by atoms with Crippen molar-refractivity contribution in [2.75, 3.05) is 34.7 Å². The first-order valence-electron chi connectivity index (χ1n) is 14.1. The number of hydrogen-bond donors (Lipinski definition) is 0.